The number of nitriles is 1. The van der Waals surface area contributed by atoms with Crippen molar-refractivity contribution in [3.05, 3.63) is 10.1 Å². The summed E-state index contributed by atoms with van der Waals surface area (Å²) in [6.07, 6.45) is 0. The van der Waals surface area contributed by atoms with Gasteiger partial charge in [0.1, 0.15) is 4.33 Å². The van der Waals surface area contributed by atoms with Gasteiger partial charge in [-0.05, 0) is 0 Å². The lowest BCUT2D eigenvalue weighted by molar-refractivity contribution is -0.302. The van der Waals surface area contributed by atoms with Gasteiger partial charge in [0.15, 0.2) is 0 Å². The van der Waals surface area contributed by atoms with E-state index in [2.05, 4.69) is 0 Å². The fourth-order valence-corrected chi connectivity index (χ4v) is 0.408. The minimum atomic E-state index is -4.37. The minimum Gasteiger partial charge on any atom is -0.468 e. The van der Waals surface area contributed by atoms with E-state index in [0.717, 1.165) is 5.40 Å². The Morgan fingerprint density at radius 2 is 2.20 bits per heavy atom. The summed E-state index contributed by atoms with van der Waals surface area (Å²) in [5.41, 5.74) is 0. The van der Waals surface area contributed by atoms with Gasteiger partial charge in [0, 0.05) is 0 Å². The van der Waals surface area contributed by atoms with Gasteiger partial charge in [0.05, 0.1) is 0 Å². The van der Waals surface area contributed by atoms with Crippen LogP contribution in [0.2, 0.25) is 0 Å². The van der Waals surface area contributed by atoms with E-state index in [1.165, 1.54) is 0 Å². The molecule has 0 amide bonds. The zero-order valence-electron chi connectivity index (χ0n) is 4.42. The molecule has 0 heterocycles. The Morgan fingerprint density at radius 1 is 1.80 bits per heavy atom. The van der Waals surface area contributed by atoms with Crippen molar-refractivity contribution in [2.45, 2.75) is 0 Å². The van der Waals surface area contributed by atoms with Gasteiger partial charge < -0.3 is 5.11 Å². The molecule has 0 aromatic rings. The van der Waals surface area contributed by atoms with Crippen LogP contribution < -0.4 is 0 Å². The van der Waals surface area contributed by atoms with E-state index in [0.29, 0.717) is 0 Å². The molecule has 0 radical (unpaired) electrons. The number of carboxylic acid groups (broad SMARTS) is 1. The number of nitro groups is 1. The molecule has 0 spiro atoms. The third-order valence-electron chi connectivity index (χ3n) is 0.587. The molecule has 8 heteroatoms. The van der Waals surface area contributed by atoms with E-state index in [4.69, 9.17) is 14.9 Å². The predicted octanol–water partition coefficient (Wildman–Crippen LogP) is 0.615. The molecule has 0 aliphatic carbocycles. The summed E-state index contributed by atoms with van der Waals surface area (Å²) < 4.78 is 6.89. The van der Waals surface area contributed by atoms with Crippen LogP contribution in [0.3, 0.4) is 0 Å². The lowest BCUT2D eigenvalue weighted by atomic mass is 11.6. The van der Waals surface area contributed by atoms with Crippen molar-refractivity contribution in [1.29, 1.82) is 5.26 Å². The quantitative estimate of drug-likeness (QED) is 0.334. The first kappa shape index (κ1) is 8.67. The van der Waals surface area contributed by atoms with Crippen LogP contribution in [-0.4, -0.2) is 19.3 Å². The van der Waals surface area contributed by atoms with E-state index in [1.807, 2.05) is 0 Å². The fraction of sp³-hybridized carbons (Fsp3) is 0. The molecule has 0 aliphatic rings. The topological polar surface area (TPSA) is 124 Å². The largest absolute Gasteiger partial charge is 0.468 e. The van der Waals surface area contributed by atoms with Crippen molar-refractivity contribution in [3.8, 4) is 5.40 Å². The molecule has 0 aromatic carbocycles. The van der Waals surface area contributed by atoms with Crippen LogP contribution >= 0.6 is 10.5 Å². The molecule has 0 saturated heterocycles. The van der Waals surface area contributed by atoms with Crippen LogP contribution in [0, 0.1) is 20.8 Å². The molecule has 0 aliphatic heterocycles. The molecule has 56 valence electrons. The Kier molecular flexibility index (Phi) is 2.17. The molecule has 0 saturated carbocycles. The maximum Gasteiger partial charge on any atom is 0.448 e. The maximum atomic E-state index is 9.82. The van der Waals surface area contributed by atoms with Crippen molar-refractivity contribution in [3.63, 3.8) is 0 Å². The van der Waals surface area contributed by atoms with Crippen LogP contribution in [0.4, 0.5) is 4.79 Å². The van der Waals surface area contributed by atoms with Gasteiger partial charge in [-0.3, -0.25) is 4.55 Å². The van der Waals surface area contributed by atoms with Gasteiger partial charge in [0.2, 0.25) is 5.40 Å². The Morgan fingerprint density at radius 3 is 2.20 bits per heavy atom. The molecule has 1 unspecified atom stereocenters. The van der Waals surface area contributed by atoms with Crippen molar-refractivity contribution in [2.24, 2.45) is 0 Å². The molecule has 0 aromatic heterocycles. The summed E-state index contributed by atoms with van der Waals surface area (Å²) in [6, 6.07) is 0. The molecule has 1 atom stereocenters. The summed E-state index contributed by atoms with van der Waals surface area (Å²) in [6.45, 7) is 0. The molecule has 0 fully saturated rings. The molecule has 0 bridgehead atoms. The van der Waals surface area contributed by atoms with Gasteiger partial charge in [-0.25, -0.2) is 14.9 Å². The Hall–Kier alpha value is -1.33. The van der Waals surface area contributed by atoms with Gasteiger partial charge in [-0.1, -0.05) is 0 Å². The Bertz CT molecular complexity index is 204. The second-order valence-corrected chi connectivity index (χ2v) is 3.06. The van der Waals surface area contributed by atoms with Crippen LogP contribution in [-0.2, 0) is 0 Å². The average Bonchev–Trinajstić information content (AvgIpc) is 1.85. The first-order valence-corrected chi connectivity index (χ1v) is 3.34. The summed E-state index contributed by atoms with van der Waals surface area (Å²) in [5.74, 6) is 0. The highest BCUT2D eigenvalue weighted by molar-refractivity contribution is 8.39. The summed E-state index contributed by atoms with van der Waals surface area (Å²) in [4.78, 5) is 19.5. The SMILES string of the molecule is N#CS(O)(C(=O)O)[N+](=O)[O-]. The summed E-state index contributed by atoms with van der Waals surface area (Å²) in [5, 5.41) is 24.1. The highest BCUT2D eigenvalue weighted by atomic mass is 32.3. The average molecular weight is 166 g/mol. The second-order valence-electron chi connectivity index (χ2n) is 1.13. The summed E-state index contributed by atoms with van der Waals surface area (Å²) >= 11 is 0. The lowest BCUT2D eigenvalue weighted by Gasteiger charge is -2.06. The van der Waals surface area contributed by atoms with Gasteiger partial charge in [0.25, 0.3) is 0 Å². The minimum absolute atomic E-state index is 0.718. The normalized spacial score (nSPS) is 18.0. The second kappa shape index (κ2) is 2.51. The first-order chi connectivity index (χ1) is 4.45. The summed E-state index contributed by atoms with van der Waals surface area (Å²) in [7, 11) is -4.37. The van der Waals surface area contributed by atoms with Gasteiger partial charge in [-0.2, -0.15) is 5.26 Å². The smallest absolute Gasteiger partial charge is 0.448 e. The third kappa shape index (κ3) is 1.15. The first-order valence-electron chi connectivity index (χ1n) is 1.79. The van der Waals surface area contributed by atoms with Gasteiger partial charge >= 0.3 is 15.8 Å². The van der Waals surface area contributed by atoms with E-state index in [1.54, 1.807) is 0 Å². The molecular weight excluding hydrogens is 164 g/mol. The monoisotopic (exact) mass is 166 g/mol. The third-order valence-corrected chi connectivity index (χ3v) is 1.76. The van der Waals surface area contributed by atoms with Crippen LogP contribution in [0.15, 0.2) is 0 Å². The fourth-order valence-electron chi connectivity index (χ4n) is 0.136. The number of rotatable bonds is 1. The molecule has 10 heavy (non-hydrogen) atoms. The van der Waals surface area contributed by atoms with E-state index >= 15 is 0 Å². The van der Waals surface area contributed by atoms with Crippen LogP contribution in [0.5, 0.6) is 0 Å². The number of thiocyanates is 1. The number of hydrogen-bond acceptors (Lipinski definition) is 5. The van der Waals surface area contributed by atoms with E-state index < -0.39 is 20.1 Å². The van der Waals surface area contributed by atoms with Crippen LogP contribution in [0.25, 0.3) is 0 Å². The van der Waals surface area contributed by atoms with Crippen molar-refractivity contribution in [2.75, 3.05) is 0 Å². The predicted molar refractivity (Wildman–Crippen MR) is 30.9 cm³/mol. The molecule has 7 nitrogen and oxygen atoms in total. The molecule has 2 N–H and O–H groups in total. The van der Waals surface area contributed by atoms with Gasteiger partial charge in [-0.15, -0.1) is 0 Å². The van der Waals surface area contributed by atoms with E-state index in [-0.39, 0.29) is 0 Å². The standard InChI is InChI=1S/C2H2N2O5S/c3-1-10(9,2(5)6)4(7)8/h9H,(H,5,6). The highest BCUT2D eigenvalue weighted by Crippen LogP contribution is 2.42. The van der Waals surface area contributed by atoms with Crippen LogP contribution in [0.1, 0.15) is 0 Å². The molecule has 0 rings (SSSR count). The Labute approximate surface area is 56.3 Å². The number of nitrogens with zero attached hydrogens (tertiary/aromatic N) is 2. The Balaban J connectivity index is 4.78. The zero-order valence-corrected chi connectivity index (χ0v) is 5.24. The number of hydrogen-bond donors (Lipinski definition) is 2. The lowest BCUT2D eigenvalue weighted by Crippen LogP contribution is -2.15. The molecular formula is C2H2N2O5S. The zero-order chi connectivity index (χ0) is 8.36. The number of carbonyl (C=O) groups is 1. The maximum absolute atomic E-state index is 9.82. The highest BCUT2D eigenvalue weighted by Gasteiger charge is 2.44. The van der Waals surface area contributed by atoms with Crippen molar-refractivity contribution >= 4 is 15.8 Å². The van der Waals surface area contributed by atoms with Crippen molar-refractivity contribution < 1.29 is 18.8 Å². The van der Waals surface area contributed by atoms with Crippen molar-refractivity contribution in [1.82, 2.24) is 0 Å². The van der Waals surface area contributed by atoms with E-state index in [9.17, 15) is 14.9 Å².